The molecule has 0 aromatic heterocycles. The third-order valence-electron chi connectivity index (χ3n) is 5.64. The maximum absolute atomic E-state index is 12.8. The minimum atomic E-state index is 0.123. The van der Waals surface area contributed by atoms with Crippen molar-refractivity contribution >= 4 is 17.3 Å². The van der Waals surface area contributed by atoms with Gasteiger partial charge in [0.25, 0.3) is 5.91 Å². The summed E-state index contributed by atoms with van der Waals surface area (Å²) < 4.78 is 0. The minimum Gasteiger partial charge on any atom is -0.360 e. The molecule has 1 heterocycles. The largest absolute Gasteiger partial charge is 0.360 e. The van der Waals surface area contributed by atoms with Crippen LogP contribution in [0.5, 0.6) is 0 Å². The number of amides is 1. The quantitative estimate of drug-likeness (QED) is 0.807. The first-order chi connectivity index (χ1) is 13.5. The Hall–Kier alpha value is -2.33. The standard InChI is InChI=1S/C24H33N3O/c1-18(2)21-11-8-12-22(19(3)4)24(21)25-23(28)17-26-13-15-27(16-14-26)20-9-6-5-7-10-20/h5-12,18-19H,13-17H2,1-4H3,(H,25,28)/p+1. The molecule has 4 nitrogen and oxygen atoms in total. The molecule has 3 rings (SSSR count). The average Bonchev–Trinajstić information content (AvgIpc) is 2.69. The molecule has 0 unspecified atom stereocenters. The van der Waals surface area contributed by atoms with Crippen molar-refractivity contribution in [3.05, 3.63) is 59.7 Å². The van der Waals surface area contributed by atoms with E-state index in [1.54, 1.807) is 0 Å². The monoisotopic (exact) mass is 380 g/mol. The molecule has 0 spiro atoms. The van der Waals surface area contributed by atoms with E-state index in [0.717, 1.165) is 31.9 Å². The molecule has 0 radical (unpaired) electrons. The van der Waals surface area contributed by atoms with Gasteiger partial charge < -0.3 is 15.1 Å². The fourth-order valence-electron chi connectivity index (χ4n) is 4.00. The summed E-state index contributed by atoms with van der Waals surface area (Å²) in [6.07, 6.45) is 0. The van der Waals surface area contributed by atoms with E-state index < -0.39 is 0 Å². The van der Waals surface area contributed by atoms with Gasteiger partial charge in [-0.3, -0.25) is 4.79 Å². The molecule has 0 aliphatic carbocycles. The van der Waals surface area contributed by atoms with Crippen LogP contribution in [-0.4, -0.2) is 38.6 Å². The SMILES string of the molecule is CC(C)c1cccc(C(C)C)c1NC(=O)C[NH+]1CCN(c2ccccc2)CC1. The van der Waals surface area contributed by atoms with Crippen molar-refractivity contribution in [1.29, 1.82) is 0 Å². The van der Waals surface area contributed by atoms with Gasteiger partial charge >= 0.3 is 0 Å². The lowest BCUT2D eigenvalue weighted by Crippen LogP contribution is -3.15. The van der Waals surface area contributed by atoms with Crippen LogP contribution in [0.15, 0.2) is 48.5 Å². The van der Waals surface area contributed by atoms with Crippen LogP contribution in [0.3, 0.4) is 0 Å². The first-order valence-electron chi connectivity index (χ1n) is 10.5. The zero-order valence-corrected chi connectivity index (χ0v) is 17.7. The summed E-state index contributed by atoms with van der Waals surface area (Å²) in [5.74, 6) is 0.893. The number of carbonyl (C=O) groups is 1. The number of piperazine rings is 1. The van der Waals surface area contributed by atoms with Gasteiger partial charge in [-0.15, -0.1) is 0 Å². The summed E-state index contributed by atoms with van der Waals surface area (Å²) in [5, 5.41) is 3.26. The number of hydrogen-bond donors (Lipinski definition) is 2. The molecule has 1 aliphatic heterocycles. The van der Waals surface area contributed by atoms with E-state index in [1.807, 2.05) is 0 Å². The van der Waals surface area contributed by atoms with Gasteiger partial charge in [0.05, 0.1) is 26.2 Å². The van der Waals surface area contributed by atoms with Gasteiger partial charge in [0, 0.05) is 11.4 Å². The number of para-hydroxylation sites is 2. The summed E-state index contributed by atoms with van der Waals surface area (Å²) in [6.45, 7) is 13.2. The van der Waals surface area contributed by atoms with Gasteiger partial charge in [0.15, 0.2) is 6.54 Å². The molecule has 1 fully saturated rings. The number of hydrogen-bond acceptors (Lipinski definition) is 2. The Morgan fingerprint density at radius 2 is 1.50 bits per heavy atom. The zero-order chi connectivity index (χ0) is 20.1. The molecule has 2 aromatic rings. The molecule has 1 aliphatic rings. The number of nitrogens with zero attached hydrogens (tertiary/aromatic N) is 1. The number of quaternary nitrogens is 1. The normalized spacial score (nSPS) is 15.3. The van der Waals surface area contributed by atoms with Crippen molar-refractivity contribution in [2.24, 2.45) is 0 Å². The van der Waals surface area contributed by atoms with E-state index in [-0.39, 0.29) is 5.91 Å². The van der Waals surface area contributed by atoms with Crippen LogP contribution in [-0.2, 0) is 4.79 Å². The van der Waals surface area contributed by atoms with Gasteiger partial charge in [0.2, 0.25) is 0 Å². The van der Waals surface area contributed by atoms with Gasteiger partial charge in [-0.2, -0.15) is 0 Å². The van der Waals surface area contributed by atoms with Gasteiger partial charge in [-0.25, -0.2) is 0 Å². The van der Waals surface area contributed by atoms with Crippen LogP contribution in [0.25, 0.3) is 0 Å². The molecule has 0 atom stereocenters. The van der Waals surface area contributed by atoms with Crippen LogP contribution >= 0.6 is 0 Å². The summed E-state index contributed by atoms with van der Waals surface area (Å²) in [7, 11) is 0. The average molecular weight is 381 g/mol. The number of anilines is 2. The lowest BCUT2D eigenvalue weighted by atomic mass is 9.92. The van der Waals surface area contributed by atoms with Crippen molar-refractivity contribution in [1.82, 2.24) is 0 Å². The molecule has 1 saturated heterocycles. The molecule has 150 valence electrons. The Bertz CT molecular complexity index is 751. The second-order valence-electron chi connectivity index (χ2n) is 8.42. The summed E-state index contributed by atoms with van der Waals surface area (Å²) in [4.78, 5) is 16.6. The molecular formula is C24H34N3O+. The Morgan fingerprint density at radius 3 is 2.04 bits per heavy atom. The second kappa shape index (κ2) is 9.24. The highest BCUT2D eigenvalue weighted by Crippen LogP contribution is 2.32. The maximum Gasteiger partial charge on any atom is 0.279 e. The first-order valence-corrected chi connectivity index (χ1v) is 10.5. The summed E-state index contributed by atoms with van der Waals surface area (Å²) >= 11 is 0. The smallest absolute Gasteiger partial charge is 0.279 e. The van der Waals surface area contributed by atoms with Crippen molar-refractivity contribution in [2.75, 3.05) is 42.9 Å². The second-order valence-corrected chi connectivity index (χ2v) is 8.42. The Labute approximate surface area is 169 Å². The first kappa shape index (κ1) is 20.4. The number of benzene rings is 2. The van der Waals surface area contributed by atoms with E-state index in [9.17, 15) is 4.79 Å². The van der Waals surface area contributed by atoms with Gasteiger partial charge in [-0.05, 0) is 35.1 Å². The van der Waals surface area contributed by atoms with E-state index >= 15 is 0 Å². The maximum atomic E-state index is 12.8. The number of rotatable bonds is 6. The fourth-order valence-corrected chi connectivity index (χ4v) is 4.00. The van der Waals surface area contributed by atoms with E-state index in [1.165, 1.54) is 21.7 Å². The van der Waals surface area contributed by atoms with Crippen LogP contribution in [0, 0.1) is 0 Å². The topological polar surface area (TPSA) is 36.8 Å². The third-order valence-corrected chi connectivity index (χ3v) is 5.64. The molecular weight excluding hydrogens is 346 g/mol. The third kappa shape index (κ3) is 4.93. The summed E-state index contributed by atoms with van der Waals surface area (Å²) in [6, 6.07) is 16.9. The Kier molecular flexibility index (Phi) is 6.74. The lowest BCUT2D eigenvalue weighted by molar-refractivity contribution is -0.892. The van der Waals surface area contributed by atoms with Crippen LogP contribution in [0.2, 0.25) is 0 Å². The molecule has 1 amide bonds. The van der Waals surface area contributed by atoms with Crippen LogP contribution < -0.4 is 15.1 Å². The fraction of sp³-hybridized carbons (Fsp3) is 0.458. The van der Waals surface area contributed by atoms with Crippen molar-refractivity contribution in [3.63, 3.8) is 0 Å². The highest BCUT2D eigenvalue weighted by atomic mass is 16.2. The molecule has 2 N–H and O–H groups in total. The van der Waals surface area contributed by atoms with Crippen molar-refractivity contribution in [3.8, 4) is 0 Å². The molecule has 4 heteroatoms. The van der Waals surface area contributed by atoms with Crippen LogP contribution in [0.4, 0.5) is 11.4 Å². The lowest BCUT2D eigenvalue weighted by Gasteiger charge is -2.33. The van der Waals surface area contributed by atoms with E-state index in [0.29, 0.717) is 18.4 Å². The minimum absolute atomic E-state index is 0.123. The van der Waals surface area contributed by atoms with E-state index in [2.05, 4.69) is 86.4 Å². The Balaban J connectivity index is 1.61. The van der Waals surface area contributed by atoms with E-state index in [4.69, 9.17) is 0 Å². The highest BCUT2D eigenvalue weighted by molar-refractivity contribution is 5.93. The van der Waals surface area contributed by atoms with Crippen molar-refractivity contribution in [2.45, 2.75) is 39.5 Å². The van der Waals surface area contributed by atoms with Gasteiger partial charge in [-0.1, -0.05) is 64.1 Å². The predicted molar refractivity (Wildman–Crippen MR) is 117 cm³/mol. The highest BCUT2D eigenvalue weighted by Gasteiger charge is 2.23. The molecule has 0 bridgehead atoms. The summed E-state index contributed by atoms with van der Waals surface area (Å²) in [5.41, 5.74) is 4.75. The molecule has 28 heavy (non-hydrogen) atoms. The number of nitrogens with one attached hydrogen (secondary N) is 2. The number of carbonyl (C=O) groups excluding carboxylic acids is 1. The van der Waals surface area contributed by atoms with Gasteiger partial charge in [0.1, 0.15) is 0 Å². The molecule has 2 aromatic carbocycles. The van der Waals surface area contributed by atoms with Crippen molar-refractivity contribution < 1.29 is 9.69 Å². The van der Waals surface area contributed by atoms with Crippen LogP contribution in [0.1, 0.15) is 50.7 Å². The molecule has 0 saturated carbocycles. The Morgan fingerprint density at radius 1 is 0.929 bits per heavy atom. The predicted octanol–water partition coefficient (Wildman–Crippen LogP) is 3.28. The zero-order valence-electron chi connectivity index (χ0n) is 17.7.